The number of hydrogen-bond acceptors (Lipinski definition) is 6. The molecule has 0 amide bonds. The van der Waals surface area contributed by atoms with Crippen molar-refractivity contribution in [2.75, 3.05) is 11.4 Å². The first-order valence-electron chi connectivity index (χ1n) is 7.50. The van der Waals surface area contributed by atoms with Gasteiger partial charge in [-0.25, -0.2) is 4.99 Å². The first-order valence-corrected chi connectivity index (χ1v) is 7.50. The number of ketones is 1. The number of benzene rings is 1. The van der Waals surface area contributed by atoms with Crippen LogP contribution in [0.1, 0.15) is 22.3 Å². The van der Waals surface area contributed by atoms with Crippen LogP contribution >= 0.6 is 0 Å². The van der Waals surface area contributed by atoms with E-state index in [0.717, 1.165) is 11.3 Å². The summed E-state index contributed by atoms with van der Waals surface area (Å²) in [7, 11) is 0. The summed E-state index contributed by atoms with van der Waals surface area (Å²) in [5.41, 5.74) is 6.92. The van der Waals surface area contributed by atoms with Gasteiger partial charge in [-0.1, -0.05) is 12.1 Å². The zero-order valence-corrected chi connectivity index (χ0v) is 12.4. The maximum Gasteiger partial charge on any atom is 0.204 e. The predicted molar refractivity (Wildman–Crippen MR) is 86.9 cm³/mol. The van der Waals surface area contributed by atoms with Gasteiger partial charge in [0.2, 0.25) is 5.78 Å². The summed E-state index contributed by atoms with van der Waals surface area (Å²) in [5.74, 6) is 0.0644. The Balaban J connectivity index is 1.84. The number of rotatable bonds is 2. The largest absolute Gasteiger partial charge is 0.374 e. The number of aromatic nitrogens is 1. The molecule has 116 valence electrons. The molecular weight excluding hydrogens is 292 g/mol. The van der Waals surface area contributed by atoms with Gasteiger partial charge < -0.3 is 15.7 Å². The van der Waals surface area contributed by atoms with Crippen molar-refractivity contribution >= 4 is 23.0 Å². The van der Waals surface area contributed by atoms with Crippen molar-refractivity contribution in [1.29, 1.82) is 0 Å². The molecule has 6 nitrogen and oxygen atoms in total. The number of amidine groups is 1. The van der Waals surface area contributed by atoms with E-state index in [2.05, 4.69) is 9.98 Å². The van der Waals surface area contributed by atoms with Gasteiger partial charge in [-0.2, -0.15) is 0 Å². The first-order chi connectivity index (χ1) is 11.1. The molecule has 3 N–H and O–H groups in total. The molecule has 1 fully saturated rings. The summed E-state index contributed by atoms with van der Waals surface area (Å²) in [6, 6.07) is 9.34. The van der Waals surface area contributed by atoms with E-state index in [1.54, 1.807) is 12.3 Å². The van der Waals surface area contributed by atoms with Crippen LogP contribution in [0.2, 0.25) is 0 Å². The molecule has 1 aromatic carbocycles. The van der Waals surface area contributed by atoms with Crippen LogP contribution in [0.15, 0.2) is 47.7 Å². The quantitative estimate of drug-likeness (QED) is 0.875. The van der Waals surface area contributed by atoms with Crippen molar-refractivity contribution in [3.05, 3.63) is 53.9 Å². The first kappa shape index (κ1) is 14.0. The van der Waals surface area contributed by atoms with E-state index in [-0.39, 0.29) is 5.78 Å². The van der Waals surface area contributed by atoms with Crippen molar-refractivity contribution in [2.45, 2.75) is 18.6 Å². The molecule has 2 aromatic rings. The summed E-state index contributed by atoms with van der Waals surface area (Å²) in [4.78, 5) is 23.1. The van der Waals surface area contributed by atoms with E-state index in [9.17, 15) is 9.90 Å². The molecule has 1 aromatic heterocycles. The number of aliphatic imine (C=N–C) groups is 1. The molecule has 4 rings (SSSR count). The van der Waals surface area contributed by atoms with Crippen LogP contribution in [-0.2, 0) is 6.54 Å². The van der Waals surface area contributed by atoms with Crippen LogP contribution in [0.5, 0.6) is 0 Å². The van der Waals surface area contributed by atoms with Gasteiger partial charge >= 0.3 is 0 Å². The molecule has 1 saturated heterocycles. The summed E-state index contributed by atoms with van der Waals surface area (Å²) >= 11 is 0. The highest BCUT2D eigenvalue weighted by atomic mass is 16.3. The second-order valence-electron chi connectivity index (χ2n) is 5.79. The second kappa shape index (κ2) is 4.97. The standard InChI is InChI=1S/C17H16N4O2/c18-9-11-2-1-3-12(8-11)21-7-5-17(23)15(22)13-4-6-19-10-14(13)20-16(17)21/h1-4,6,8,10,23H,5,7,9,18H2. The number of carbonyl (C=O) groups excluding carboxylic acids is 1. The van der Waals surface area contributed by atoms with Gasteiger partial charge in [-0.05, 0) is 23.8 Å². The Morgan fingerprint density at radius 1 is 1.35 bits per heavy atom. The van der Waals surface area contributed by atoms with Gasteiger partial charge in [0.15, 0.2) is 5.60 Å². The molecule has 6 heteroatoms. The molecule has 23 heavy (non-hydrogen) atoms. The second-order valence-corrected chi connectivity index (χ2v) is 5.79. The van der Waals surface area contributed by atoms with E-state index >= 15 is 0 Å². The fraction of sp³-hybridized carbons (Fsp3) is 0.235. The number of nitrogens with two attached hydrogens (primary N) is 1. The van der Waals surface area contributed by atoms with Crippen LogP contribution in [0, 0.1) is 0 Å². The number of anilines is 1. The summed E-state index contributed by atoms with van der Waals surface area (Å²) in [6.45, 7) is 0.959. The molecule has 0 radical (unpaired) electrons. The Kier molecular flexibility index (Phi) is 3.04. The van der Waals surface area contributed by atoms with Crippen molar-refractivity contribution in [3.63, 3.8) is 0 Å². The van der Waals surface area contributed by atoms with E-state index in [4.69, 9.17) is 5.73 Å². The number of fused-ring (bicyclic) bond motifs is 2. The lowest BCUT2D eigenvalue weighted by molar-refractivity contribution is 0.0602. The highest BCUT2D eigenvalue weighted by Crippen LogP contribution is 2.39. The smallest absolute Gasteiger partial charge is 0.204 e. The monoisotopic (exact) mass is 308 g/mol. The third-order valence-corrected chi connectivity index (χ3v) is 4.43. The van der Waals surface area contributed by atoms with E-state index in [0.29, 0.717) is 36.6 Å². The van der Waals surface area contributed by atoms with Gasteiger partial charge in [-0.15, -0.1) is 0 Å². The number of aliphatic hydroxyl groups is 1. The van der Waals surface area contributed by atoms with E-state index < -0.39 is 5.60 Å². The molecule has 1 atom stereocenters. The maximum atomic E-state index is 12.7. The number of carbonyl (C=O) groups is 1. The topological polar surface area (TPSA) is 91.8 Å². The lowest BCUT2D eigenvalue weighted by Gasteiger charge is -2.29. The molecule has 0 spiro atoms. The summed E-state index contributed by atoms with van der Waals surface area (Å²) in [6.07, 6.45) is 3.41. The van der Waals surface area contributed by atoms with Crippen LogP contribution in [0.25, 0.3) is 0 Å². The molecular formula is C17H16N4O2. The number of Topliss-reactive ketones (excluding diaryl/α,β-unsaturated/α-hetero) is 1. The molecule has 2 aliphatic heterocycles. The average Bonchev–Trinajstić information content (AvgIpc) is 2.93. The fourth-order valence-electron chi connectivity index (χ4n) is 3.19. The zero-order valence-electron chi connectivity index (χ0n) is 12.4. The highest BCUT2D eigenvalue weighted by Gasteiger charge is 2.52. The Bertz CT molecular complexity index is 833. The molecule has 0 saturated carbocycles. The van der Waals surface area contributed by atoms with Gasteiger partial charge in [0.25, 0.3) is 0 Å². The zero-order chi connectivity index (χ0) is 16.0. The number of nitrogens with zero attached hydrogens (tertiary/aromatic N) is 3. The third kappa shape index (κ3) is 1.99. The minimum Gasteiger partial charge on any atom is -0.374 e. The van der Waals surface area contributed by atoms with Gasteiger partial charge in [-0.3, -0.25) is 9.78 Å². The molecule has 0 aliphatic carbocycles. The Labute approximate surface area is 133 Å². The van der Waals surface area contributed by atoms with Gasteiger partial charge in [0.05, 0.1) is 17.4 Å². The van der Waals surface area contributed by atoms with Crippen molar-refractivity contribution < 1.29 is 9.90 Å². The number of hydrogen-bond donors (Lipinski definition) is 2. The van der Waals surface area contributed by atoms with Crippen molar-refractivity contribution in [3.8, 4) is 0 Å². The summed E-state index contributed by atoms with van der Waals surface area (Å²) in [5, 5.41) is 10.9. The van der Waals surface area contributed by atoms with Gasteiger partial charge in [0.1, 0.15) is 5.84 Å². The third-order valence-electron chi connectivity index (χ3n) is 4.43. The Morgan fingerprint density at radius 2 is 2.22 bits per heavy atom. The predicted octanol–water partition coefficient (Wildman–Crippen LogP) is 1.41. The van der Waals surface area contributed by atoms with Crippen molar-refractivity contribution in [1.82, 2.24) is 4.98 Å². The highest BCUT2D eigenvalue weighted by molar-refractivity contribution is 6.28. The normalized spacial score (nSPS) is 22.6. The SMILES string of the molecule is NCc1cccc(N2CCC3(O)C(=O)c4ccncc4N=C23)c1. The van der Waals surface area contributed by atoms with Crippen LogP contribution in [0.3, 0.4) is 0 Å². The minimum absolute atomic E-state index is 0.308. The molecule has 1 unspecified atom stereocenters. The fourth-order valence-corrected chi connectivity index (χ4v) is 3.19. The van der Waals surface area contributed by atoms with Gasteiger partial charge in [0, 0.05) is 31.4 Å². The van der Waals surface area contributed by atoms with Crippen molar-refractivity contribution in [2.24, 2.45) is 10.7 Å². The van der Waals surface area contributed by atoms with Crippen LogP contribution in [-0.4, -0.2) is 33.9 Å². The Morgan fingerprint density at radius 3 is 3.04 bits per heavy atom. The minimum atomic E-state index is -1.56. The molecule has 3 heterocycles. The lowest BCUT2D eigenvalue weighted by atomic mass is 9.88. The average molecular weight is 308 g/mol. The van der Waals surface area contributed by atoms with Crippen LogP contribution in [0.4, 0.5) is 11.4 Å². The van der Waals surface area contributed by atoms with E-state index in [1.165, 1.54) is 6.20 Å². The molecule has 0 bridgehead atoms. The maximum absolute atomic E-state index is 12.7. The Hall–Kier alpha value is -2.57. The summed E-state index contributed by atoms with van der Waals surface area (Å²) < 4.78 is 0. The van der Waals surface area contributed by atoms with Crippen LogP contribution < -0.4 is 10.6 Å². The number of pyridine rings is 1. The van der Waals surface area contributed by atoms with E-state index in [1.807, 2.05) is 29.2 Å². The molecule has 2 aliphatic rings. The lowest BCUT2D eigenvalue weighted by Crippen LogP contribution is -2.48.